The second-order valence-corrected chi connectivity index (χ2v) is 6.64. The number of carbonyl (C=O) groups excluding carboxylic acids is 1. The van der Waals surface area contributed by atoms with E-state index in [0.29, 0.717) is 6.42 Å². The molecule has 0 fully saturated rings. The molecule has 0 bridgehead atoms. The Morgan fingerprint density at radius 3 is 2.13 bits per heavy atom. The maximum Gasteiger partial charge on any atom is 0.134 e. The molecule has 2 heteroatoms. The minimum Gasteiger partial charge on any atom is -0.300 e. The third-order valence-electron chi connectivity index (χ3n) is 1.80. The Labute approximate surface area is 96.3 Å². The molecule has 0 saturated carbocycles. The molecule has 0 aliphatic carbocycles. The molecule has 0 N–H and O–H groups in total. The predicted molar refractivity (Wildman–Crippen MR) is 66.4 cm³/mol. The van der Waals surface area contributed by atoms with Gasteiger partial charge in [0.25, 0.3) is 0 Å². The van der Waals surface area contributed by atoms with E-state index in [0.717, 1.165) is 5.56 Å². The summed E-state index contributed by atoms with van der Waals surface area (Å²) in [6.07, 6.45) is 0.542. The van der Waals surface area contributed by atoms with Crippen LogP contribution in [0.2, 0.25) is 0 Å². The molecule has 0 heterocycles. The molecular weight excluding hydrogens is 204 g/mol. The molecule has 0 saturated heterocycles. The minimum absolute atomic E-state index is 0.214. The number of hydrogen-bond acceptors (Lipinski definition) is 2. The lowest BCUT2D eigenvalue weighted by Crippen LogP contribution is -2.06. The van der Waals surface area contributed by atoms with Crippen LogP contribution in [0.15, 0.2) is 29.2 Å². The van der Waals surface area contributed by atoms with E-state index in [9.17, 15) is 4.79 Å². The Kier molecular flexibility index (Phi) is 3.97. The van der Waals surface area contributed by atoms with Crippen molar-refractivity contribution < 1.29 is 4.79 Å². The molecule has 1 nitrogen and oxygen atoms in total. The molecule has 0 amide bonds. The van der Waals surface area contributed by atoms with Gasteiger partial charge in [-0.1, -0.05) is 32.9 Å². The summed E-state index contributed by atoms with van der Waals surface area (Å²) in [5.74, 6) is 0.214. The SMILES string of the molecule is CC(=O)Cc1ccc(SC(C)(C)C)cc1. The van der Waals surface area contributed by atoms with E-state index in [-0.39, 0.29) is 10.5 Å². The smallest absolute Gasteiger partial charge is 0.134 e. The van der Waals surface area contributed by atoms with Crippen molar-refractivity contribution in [1.82, 2.24) is 0 Å². The zero-order valence-electron chi connectivity index (χ0n) is 9.83. The fourth-order valence-electron chi connectivity index (χ4n) is 1.32. The van der Waals surface area contributed by atoms with E-state index in [2.05, 4.69) is 32.9 Å². The summed E-state index contributed by atoms with van der Waals surface area (Å²) in [6, 6.07) is 8.26. The van der Waals surface area contributed by atoms with Crippen molar-refractivity contribution in [3.63, 3.8) is 0 Å². The molecule has 0 aromatic heterocycles. The number of carbonyl (C=O) groups is 1. The molecule has 1 aromatic rings. The fourth-order valence-corrected chi connectivity index (χ4v) is 2.30. The van der Waals surface area contributed by atoms with E-state index >= 15 is 0 Å². The highest BCUT2D eigenvalue weighted by atomic mass is 32.2. The van der Waals surface area contributed by atoms with Crippen molar-refractivity contribution in [2.24, 2.45) is 0 Å². The van der Waals surface area contributed by atoms with Gasteiger partial charge in [0.05, 0.1) is 0 Å². The summed E-state index contributed by atoms with van der Waals surface area (Å²) in [6.45, 7) is 8.21. The standard InChI is InChI=1S/C13H18OS/c1-10(14)9-11-5-7-12(8-6-11)15-13(2,3)4/h5-8H,9H2,1-4H3. The molecule has 0 aliphatic rings. The zero-order chi connectivity index (χ0) is 11.5. The number of ketones is 1. The average molecular weight is 222 g/mol. The van der Waals surface area contributed by atoms with Crippen LogP contribution in [0.4, 0.5) is 0 Å². The summed E-state index contributed by atoms with van der Waals surface area (Å²) in [5, 5.41) is 0. The first kappa shape index (κ1) is 12.3. The average Bonchev–Trinajstić information content (AvgIpc) is 2.05. The topological polar surface area (TPSA) is 17.1 Å². The second-order valence-electron chi connectivity index (χ2n) is 4.74. The molecule has 82 valence electrons. The third kappa shape index (κ3) is 5.03. The van der Waals surface area contributed by atoms with E-state index in [1.807, 2.05) is 23.9 Å². The lowest BCUT2D eigenvalue weighted by molar-refractivity contribution is -0.116. The highest BCUT2D eigenvalue weighted by Gasteiger charge is 2.11. The van der Waals surface area contributed by atoms with Crippen LogP contribution in [0.5, 0.6) is 0 Å². The molecule has 1 aromatic carbocycles. The van der Waals surface area contributed by atoms with Gasteiger partial charge in [0, 0.05) is 16.1 Å². The van der Waals surface area contributed by atoms with Crippen molar-refractivity contribution in [2.45, 2.75) is 43.8 Å². The number of rotatable bonds is 3. The quantitative estimate of drug-likeness (QED) is 0.725. The Balaban J connectivity index is 2.68. The lowest BCUT2D eigenvalue weighted by atomic mass is 10.1. The first-order chi connectivity index (χ1) is 6.87. The number of Topliss-reactive ketones (excluding diaryl/α,β-unsaturated/α-hetero) is 1. The van der Waals surface area contributed by atoms with Gasteiger partial charge in [-0.25, -0.2) is 0 Å². The van der Waals surface area contributed by atoms with Gasteiger partial charge in [-0.2, -0.15) is 0 Å². The number of hydrogen-bond donors (Lipinski definition) is 0. The second kappa shape index (κ2) is 4.84. The van der Waals surface area contributed by atoms with Crippen LogP contribution >= 0.6 is 11.8 Å². The highest BCUT2D eigenvalue weighted by molar-refractivity contribution is 8.00. The van der Waals surface area contributed by atoms with Crippen LogP contribution in [-0.4, -0.2) is 10.5 Å². The van der Waals surface area contributed by atoms with Crippen LogP contribution in [0.3, 0.4) is 0 Å². The van der Waals surface area contributed by atoms with Gasteiger partial charge in [-0.05, 0) is 24.6 Å². The molecule has 0 spiro atoms. The van der Waals surface area contributed by atoms with Crippen molar-refractivity contribution in [2.75, 3.05) is 0 Å². The van der Waals surface area contributed by atoms with Gasteiger partial charge in [0.2, 0.25) is 0 Å². The van der Waals surface area contributed by atoms with Crippen molar-refractivity contribution >= 4 is 17.5 Å². The predicted octanol–water partition coefficient (Wildman–Crippen LogP) is 3.71. The normalized spacial score (nSPS) is 11.5. The molecule has 15 heavy (non-hydrogen) atoms. The first-order valence-electron chi connectivity index (χ1n) is 5.14. The Hall–Kier alpha value is -0.760. The fraction of sp³-hybridized carbons (Fsp3) is 0.462. The van der Waals surface area contributed by atoms with Crippen molar-refractivity contribution in [3.8, 4) is 0 Å². The largest absolute Gasteiger partial charge is 0.300 e. The summed E-state index contributed by atoms with van der Waals surface area (Å²) < 4.78 is 0.238. The van der Waals surface area contributed by atoms with Gasteiger partial charge in [-0.15, -0.1) is 11.8 Å². The van der Waals surface area contributed by atoms with Crippen LogP contribution in [-0.2, 0) is 11.2 Å². The third-order valence-corrected chi connectivity index (χ3v) is 2.92. The van der Waals surface area contributed by atoms with E-state index in [1.54, 1.807) is 6.92 Å². The molecular formula is C13H18OS. The monoisotopic (exact) mass is 222 g/mol. The van der Waals surface area contributed by atoms with E-state index in [1.165, 1.54) is 4.90 Å². The van der Waals surface area contributed by atoms with Crippen LogP contribution in [0.25, 0.3) is 0 Å². The Bertz CT molecular complexity index is 333. The van der Waals surface area contributed by atoms with Gasteiger partial charge in [0.15, 0.2) is 0 Å². The van der Waals surface area contributed by atoms with E-state index in [4.69, 9.17) is 0 Å². The Morgan fingerprint density at radius 2 is 1.73 bits per heavy atom. The minimum atomic E-state index is 0.214. The maximum atomic E-state index is 10.9. The Morgan fingerprint density at radius 1 is 1.20 bits per heavy atom. The van der Waals surface area contributed by atoms with Crippen LogP contribution < -0.4 is 0 Å². The van der Waals surface area contributed by atoms with Crippen molar-refractivity contribution in [3.05, 3.63) is 29.8 Å². The molecule has 0 radical (unpaired) electrons. The number of benzene rings is 1. The summed E-state index contributed by atoms with van der Waals surface area (Å²) in [7, 11) is 0. The zero-order valence-corrected chi connectivity index (χ0v) is 10.6. The highest BCUT2D eigenvalue weighted by Crippen LogP contribution is 2.31. The number of thioether (sulfide) groups is 1. The summed E-state index contributed by atoms with van der Waals surface area (Å²) >= 11 is 1.84. The van der Waals surface area contributed by atoms with Crippen LogP contribution in [0, 0.1) is 0 Å². The van der Waals surface area contributed by atoms with Gasteiger partial charge < -0.3 is 0 Å². The van der Waals surface area contributed by atoms with E-state index < -0.39 is 0 Å². The molecule has 1 rings (SSSR count). The summed E-state index contributed by atoms with van der Waals surface area (Å²) in [5.41, 5.74) is 1.10. The lowest BCUT2D eigenvalue weighted by Gasteiger charge is -2.17. The van der Waals surface area contributed by atoms with Gasteiger partial charge in [0.1, 0.15) is 5.78 Å². The van der Waals surface area contributed by atoms with Gasteiger partial charge in [-0.3, -0.25) is 4.79 Å². The van der Waals surface area contributed by atoms with Crippen molar-refractivity contribution in [1.29, 1.82) is 0 Å². The first-order valence-corrected chi connectivity index (χ1v) is 5.96. The molecule has 0 atom stereocenters. The van der Waals surface area contributed by atoms with Crippen LogP contribution in [0.1, 0.15) is 33.3 Å². The molecule has 0 unspecified atom stereocenters. The van der Waals surface area contributed by atoms with Gasteiger partial charge >= 0.3 is 0 Å². The molecule has 0 aliphatic heterocycles. The summed E-state index contributed by atoms with van der Waals surface area (Å²) in [4.78, 5) is 12.2. The maximum absolute atomic E-state index is 10.9.